The number of rotatable bonds is 3. The summed E-state index contributed by atoms with van der Waals surface area (Å²) in [4.78, 5) is 36.6. The lowest BCUT2D eigenvalue weighted by molar-refractivity contribution is -0.230. The van der Waals surface area contributed by atoms with Gasteiger partial charge in [0.25, 0.3) is 0 Å². The smallest absolute Gasteiger partial charge is 0.374 e. The monoisotopic (exact) mass is 322 g/mol. The molecule has 0 aromatic carbocycles. The molecule has 2 aliphatic rings. The van der Waals surface area contributed by atoms with Crippen LogP contribution in [0, 0.1) is 0 Å². The van der Waals surface area contributed by atoms with Crippen LogP contribution in [0.25, 0.3) is 0 Å². The van der Waals surface area contributed by atoms with E-state index < -0.39 is 24.2 Å². The topological polar surface area (TPSA) is 66.9 Å². The molecule has 0 saturated carbocycles. The number of nitrogens with zero attached hydrogens (tertiary/aromatic N) is 2. The van der Waals surface area contributed by atoms with Crippen LogP contribution < -0.4 is 0 Å². The first-order valence-electron chi connectivity index (χ1n) is 7.03. The third-order valence-electron chi connectivity index (χ3n) is 3.85. The number of carbonyl (C=O) groups excluding carboxylic acids is 3. The van der Waals surface area contributed by atoms with Gasteiger partial charge in [-0.2, -0.15) is 13.2 Å². The molecule has 0 radical (unpaired) electrons. The second-order valence-corrected chi connectivity index (χ2v) is 5.34. The Bertz CT molecular complexity index is 464. The SMILES string of the molecule is C[C@@H]1OCCN(C(=O)CCN2C(=O)CCC2=O)[C@@H]1C(F)(F)F. The highest BCUT2D eigenvalue weighted by atomic mass is 19.4. The Kier molecular flexibility index (Phi) is 4.74. The number of ether oxygens (including phenoxy) is 1. The number of morpholine rings is 1. The number of likely N-dealkylation sites (tertiary alicyclic amines) is 1. The summed E-state index contributed by atoms with van der Waals surface area (Å²) in [6, 6.07) is -2.00. The van der Waals surface area contributed by atoms with Crippen LogP contribution in [-0.4, -0.2) is 65.5 Å². The van der Waals surface area contributed by atoms with Gasteiger partial charge < -0.3 is 9.64 Å². The molecule has 0 aromatic heterocycles. The third-order valence-corrected chi connectivity index (χ3v) is 3.85. The fraction of sp³-hybridized carbons (Fsp3) is 0.769. The molecule has 0 aromatic rings. The van der Waals surface area contributed by atoms with E-state index in [-0.39, 0.29) is 50.8 Å². The Morgan fingerprint density at radius 3 is 2.41 bits per heavy atom. The number of imide groups is 1. The summed E-state index contributed by atoms with van der Waals surface area (Å²) in [7, 11) is 0. The van der Waals surface area contributed by atoms with Crippen LogP contribution in [0.4, 0.5) is 13.2 Å². The largest absolute Gasteiger partial charge is 0.411 e. The fourth-order valence-corrected chi connectivity index (χ4v) is 2.77. The molecule has 0 unspecified atom stereocenters. The van der Waals surface area contributed by atoms with Crippen molar-refractivity contribution >= 4 is 17.7 Å². The second-order valence-electron chi connectivity index (χ2n) is 5.34. The molecule has 22 heavy (non-hydrogen) atoms. The maximum atomic E-state index is 13.1. The first kappa shape index (κ1) is 16.7. The summed E-state index contributed by atoms with van der Waals surface area (Å²) >= 11 is 0. The van der Waals surface area contributed by atoms with E-state index in [0.29, 0.717) is 0 Å². The van der Waals surface area contributed by atoms with Gasteiger partial charge in [-0.25, -0.2) is 0 Å². The molecule has 2 atom stereocenters. The summed E-state index contributed by atoms with van der Waals surface area (Å²) in [5, 5.41) is 0. The number of halogens is 3. The number of carbonyl (C=O) groups is 3. The molecule has 124 valence electrons. The average molecular weight is 322 g/mol. The van der Waals surface area contributed by atoms with Gasteiger partial charge in [-0.15, -0.1) is 0 Å². The lowest BCUT2D eigenvalue weighted by Crippen LogP contribution is -2.59. The molecule has 0 spiro atoms. The zero-order valence-electron chi connectivity index (χ0n) is 12.1. The van der Waals surface area contributed by atoms with Crippen LogP contribution in [0.1, 0.15) is 26.2 Å². The summed E-state index contributed by atoms with van der Waals surface area (Å²) in [6.07, 6.45) is -5.86. The molecular formula is C13H17F3N2O4. The molecule has 6 nitrogen and oxygen atoms in total. The Balaban J connectivity index is 2.01. The van der Waals surface area contributed by atoms with Crippen LogP contribution in [0.3, 0.4) is 0 Å². The van der Waals surface area contributed by atoms with E-state index in [0.717, 1.165) is 9.80 Å². The van der Waals surface area contributed by atoms with Crippen molar-refractivity contribution in [1.82, 2.24) is 9.80 Å². The van der Waals surface area contributed by atoms with Gasteiger partial charge in [-0.1, -0.05) is 0 Å². The van der Waals surface area contributed by atoms with Crippen molar-refractivity contribution in [3.05, 3.63) is 0 Å². The van der Waals surface area contributed by atoms with Crippen LogP contribution in [0.15, 0.2) is 0 Å². The Hall–Kier alpha value is -1.64. The highest BCUT2D eigenvalue weighted by molar-refractivity contribution is 6.02. The van der Waals surface area contributed by atoms with Gasteiger partial charge >= 0.3 is 6.18 Å². The van der Waals surface area contributed by atoms with Gasteiger partial charge in [0.15, 0.2) is 6.04 Å². The second kappa shape index (κ2) is 6.23. The van der Waals surface area contributed by atoms with Crippen LogP contribution in [0.2, 0.25) is 0 Å². The maximum absolute atomic E-state index is 13.1. The van der Waals surface area contributed by atoms with Crippen molar-refractivity contribution in [2.24, 2.45) is 0 Å². The highest BCUT2D eigenvalue weighted by Gasteiger charge is 2.50. The van der Waals surface area contributed by atoms with Gasteiger partial charge in [-0.3, -0.25) is 19.3 Å². The number of hydrogen-bond acceptors (Lipinski definition) is 4. The quantitative estimate of drug-likeness (QED) is 0.718. The van der Waals surface area contributed by atoms with Gasteiger partial charge in [-0.05, 0) is 6.92 Å². The number of alkyl halides is 3. The summed E-state index contributed by atoms with van der Waals surface area (Å²) in [5.41, 5.74) is 0. The van der Waals surface area contributed by atoms with Crippen LogP contribution in [-0.2, 0) is 19.1 Å². The van der Waals surface area contributed by atoms with Crippen molar-refractivity contribution in [3.8, 4) is 0 Å². The van der Waals surface area contributed by atoms with Crippen molar-refractivity contribution in [2.45, 2.75) is 44.5 Å². The number of hydrogen-bond donors (Lipinski definition) is 0. The van der Waals surface area contributed by atoms with Crippen LogP contribution in [0.5, 0.6) is 0 Å². The van der Waals surface area contributed by atoms with E-state index in [1.807, 2.05) is 0 Å². The minimum atomic E-state index is -4.59. The standard InChI is InChI=1S/C13H17F3N2O4/c1-8-12(13(14,15)16)18(6-7-22-8)11(21)4-5-17-9(19)2-3-10(17)20/h8,12H,2-7H2,1H3/t8-,12-/m0/s1. The Morgan fingerprint density at radius 2 is 1.86 bits per heavy atom. The molecule has 0 bridgehead atoms. The van der Waals surface area contributed by atoms with Crippen LogP contribution >= 0.6 is 0 Å². The van der Waals surface area contributed by atoms with E-state index in [4.69, 9.17) is 4.74 Å². The Morgan fingerprint density at radius 1 is 1.27 bits per heavy atom. The van der Waals surface area contributed by atoms with E-state index in [9.17, 15) is 27.6 Å². The van der Waals surface area contributed by atoms with Crippen molar-refractivity contribution in [1.29, 1.82) is 0 Å². The normalized spacial score (nSPS) is 26.7. The summed E-state index contributed by atoms with van der Waals surface area (Å²) in [5.74, 6) is -1.51. The predicted octanol–water partition coefficient (Wildman–Crippen LogP) is 0.704. The lowest BCUT2D eigenvalue weighted by atomic mass is 10.1. The van der Waals surface area contributed by atoms with E-state index in [2.05, 4.69) is 0 Å². The molecule has 0 aliphatic carbocycles. The Labute approximate surface area is 125 Å². The van der Waals surface area contributed by atoms with Gasteiger partial charge in [0.05, 0.1) is 12.7 Å². The summed E-state index contributed by atoms with van der Waals surface area (Å²) < 4.78 is 44.2. The van der Waals surface area contributed by atoms with Crippen molar-refractivity contribution in [2.75, 3.05) is 19.7 Å². The minimum absolute atomic E-state index is 0.0288. The molecule has 3 amide bonds. The molecule has 2 rings (SSSR count). The zero-order valence-corrected chi connectivity index (χ0v) is 12.1. The third kappa shape index (κ3) is 3.40. The summed E-state index contributed by atoms with van der Waals surface area (Å²) in [6.45, 7) is 0.967. The van der Waals surface area contributed by atoms with Crippen molar-refractivity contribution < 1.29 is 32.3 Å². The minimum Gasteiger partial charge on any atom is -0.374 e. The van der Waals surface area contributed by atoms with Gasteiger partial charge in [0, 0.05) is 32.4 Å². The maximum Gasteiger partial charge on any atom is 0.411 e. The number of amides is 3. The van der Waals surface area contributed by atoms with E-state index in [1.165, 1.54) is 6.92 Å². The molecular weight excluding hydrogens is 305 g/mol. The van der Waals surface area contributed by atoms with E-state index in [1.54, 1.807) is 0 Å². The first-order valence-corrected chi connectivity index (χ1v) is 7.03. The molecule has 2 saturated heterocycles. The van der Waals surface area contributed by atoms with E-state index >= 15 is 0 Å². The highest BCUT2D eigenvalue weighted by Crippen LogP contribution is 2.31. The predicted molar refractivity (Wildman–Crippen MR) is 67.5 cm³/mol. The zero-order chi connectivity index (χ0) is 16.5. The van der Waals surface area contributed by atoms with Crippen molar-refractivity contribution in [3.63, 3.8) is 0 Å². The first-order chi connectivity index (χ1) is 10.2. The van der Waals surface area contributed by atoms with Gasteiger partial charge in [0.2, 0.25) is 17.7 Å². The fourth-order valence-electron chi connectivity index (χ4n) is 2.77. The molecule has 2 heterocycles. The molecule has 9 heteroatoms. The molecule has 2 fully saturated rings. The molecule has 2 aliphatic heterocycles. The lowest BCUT2D eigenvalue weighted by Gasteiger charge is -2.40. The average Bonchev–Trinajstić information content (AvgIpc) is 2.73. The van der Waals surface area contributed by atoms with Gasteiger partial charge in [0.1, 0.15) is 0 Å². The molecule has 0 N–H and O–H groups in total.